The number of aryl methyl sites for hydroxylation is 1. The summed E-state index contributed by atoms with van der Waals surface area (Å²) in [6.07, 6.45) is 4.63. The van der Waals surface area contributed by atoms with Crippen molar-refractivity contribution >= 4 is 17.3 Å². The number of ether oxygens (including phenoxy) is 2. The van der Waals surface area contributed by atoms with Gasteiger partial charge in [0.15, 0.2) is 0 Å². The van der Waals surface area contributed by atoms with Gasteiger partial charge < -0.3 is 19.7 Å². The number of carbonyl (C=O) groups excluding carboxylic acids is 1. The van der Waals surface area contributed by atoms with Gasteiger partial charge in [0.25, 0.3) is 5.91 Å². The lowest BCUT2D eigenvalue weighted by atomic mass is 10.0. The lowest BCUT2D eigenvalue weighted by Gasteiger charge is -2.30. The highest BCUT2D eigenvalue weighted by atomic mass is 19.1. The molecular weight excluding hydrogens is 451 g/mol. The molecule has 0 aliphatic carbocycles. The van der Waals surface area contributed by atoms with Gasteiger partial charge in [0.2, 0.25) is 5.88 Å². The number of alkyl halides is 1. The summed E-state index contributed by atoms with van der Waals surface area (Å²) >= 11 is 0. The van der Waals surface area contributed by atoms with E-state index in [1.54, 1.807) is 12.4 Å². The first kappa shape index (κ1) is 24.5. The van der Waals surface area contributed by atoms with Crippen molar-refractivity contribution in [1.82, 2.24) is 20.2 Å². The third-order valence-electron chi connectivity index (χ3n) is 5.65. The minimum absolute atomic E-state index is 0.0870. The maximum atomic E-state index is 14.3. The van der Waals surface area contributed by atoms with Crippen LogP contribution in [0.5, 0.6) is 5.88 Å². The van der Waals surface area contributed by atoms with E-state index in [1.807, 2.05) is 26.0 Å². The van der Waals surface area contributed by atoms with Crippen LogP contribution in [0.2, 0.25) is 0 Å². The zero-order valence-electron chi connectivity index (χ0n) is 20.3. The molecule has 184 valence electrons. The Balaban J connectivity index is 1.63. The number of hydrogen-bond donors (Lipinski definition) is 1. The van der Waals surface area contributed by atoms with Crippen LogP contribution in [0.25, 0.3) is 11.1 Å². The van der Waals surface area contributed by atoms with Crippen LogP contribution in [0.4, 0.5) is 15.8 Å². The number of rotatable bonds is 7. The molecule has 4 heterocycles. The van der Waals surface area contributed by atoms with Gasteiger partial charge in [0.05, 0.1) is 43.5 Å². The predicted octanol–water partition coefficient (Wildman–Crippen LogP) is 3.93. The van der Waals surface area contributed by atoms with Crippen molar-refractivity contribution in [3.8, 4) is 17.0 Å². The fourth-order valence-corrected chi connectivity index (χ4v) is 3.74. The van der Waals surface area contributed by atoms with Crippen LogP contribution in [-0.4, -0.2) is 59.0 Å². The molecular formula is C25H29FN6O3. The lowest BCUT2D eigenvalue weighted by Crippen LogP contribution is -2.36. The Bertz CT molecular complexity index is 1210. The first-order chi connectivity index (χ1) is 16.8. The monoisotopic (exact) mass is 480 g/mol. The third-order valence-corrected chi connectivity index (χ3v) is 5.65. The largest absolute Gasteiger partial charge is 0.476 e. The van der Waals surface area contributed by atoms with Crippen molar-refractivity contribution < 1.29 is 18.7 Å². The van der Waals surface area contributed by atoms with E-state index in [0.29, 0.717) is 31.4 Å². The van der Waals surface area contributed by atoms with Gasteiger partial charge in [0, 0.05) is 36.1 Å². The fourth-order valence-electron chi connectivity index (χ4n) is 3.74. The maximum Gasteiger partial charge on any atom is 0.257 e. The summed E-state index contributed by atoms with van der Waals surface area (Å²) < 4.78 is 25.5. The van der Waals surface area contributed by atoms with E-state index in [-0.39, 0.29) is 11.3 Å². The number of carbonyl (C=O) groups is 1. The van der Waals surface area contributed by atoms with Crippen molar-refractivity contribution in [2.45, 2.75) is 33.4 Å². The van der Waals surface area contributed by atoms with Crippen LogP contribution in [-0.2, 0) is 10.4 Å². The number of nitrogens with one attached hydrogen (secondary N) is 1. The number of anilines is 2. The fraction of sp³-hybridized carbons (Fsp3) is 0.400. The molecule has 3 aromatic heterocycles. The van der Waals surface area contributed by atoms with Gasteiger partial charge in [-0.25, -0.2) is 9.37 Å². The molecule has 0 bridgehead atoms. The van der Waals surface area contributed by atoms with E-state index in [1.165, 1.54) is 26.1 Å². The summed E-state index contributed by atoms with van der Waals surface area (Å²) in [6.45, 7) is 9.84. The molecule has 1 fully saturated rings. The average Bonchev–Trinajstić information content (AvgIpc) is 2.86. The number of halogens is 1. The van der Waals surface area contributed by atoms with E-state index in [0.717, 1.165) is 35.6 Å². The summed E-state index contributed by atoms with van der Waals surface area (Å²) in [4.78, 5) is 24.0. The van der Waals surface area contributed by atoms with Crippen LogP contribution in [0.3, 0.4) is 0 Å². The molecule has 1 N–H and O–H groups in total. The molecule has 0 unspecified atom stereocenters. The van der Waals surface area contributed by atoms with E-state index in [2.05, 4.69) is 30.4 Å². The summed E-state index contributed by atoms with van der Waals surface area (Å²) in [6, 6.07) is 5.27. The van der Waals surface area contributed by atoms with Gasteiger partial charge in [-0.3, -0.25) is 9.78 Å². The number of amides is 1. The number of nitrogens with zero attached hydrogens (tertiary/aromatic N) is 5. The highest BCUT2D eigenvalue weighted by molar-refractivity contribution is 6.04. The molecule has 1 aliphatic heterocycles. The summed E-state index contributed by atoms with van der Waals surface area (Å²) in [7, 11) is 0. The number of morpholine rings is 1. The quantitative estimate of drug-likeness (QED) is 0.543. The van der Waals surface area contributed by atoms with Gasteiger partial charge in [-0.15, -0.1) is 0 Å². The van der Waals surface area contributed by atoms with E-state index in [9.17, 15) is 9.18 Å². The molecule has 0 saturated carbocycles. The summed E-state index contributed by atoms with van der Waals surface area (Å²) in [5.74, 6) is 0.144. The van der Waals surface area contributed by atoms with Crippen LogP contribution in [0.1, 0.15) is 42.5 Å². The van der Waals surface area contributed by atoms with Gasteiger partial charge in [0.1, 0.15) is 17.1 Å². The Morgan fingerprint density at radius 3 is 2.66 bits per heavy atom. The predicted molar refractivity (Wildman–Crippen MR) is 131 cm³/mol. The molecule has 10 heteroatoms. The van der Waals surface area contributed by atoms with Crippen LogP contribution < -0.4 is 15.0 Å². The molecule has 1 aliphatic rings. The normalized spacial score (nSPS) is 14.0. The molecule has 1 amide bonds. The second kappa shape index (κ2) is 10.3. The van der Waals surface area contributed by atoms with Gasteiger partial charge >= 0.3 is 0 Å². The standard InChI is InChI=1S/C25H29FN6O3/c1-5-35-24-21(32-6-8-34-9-7-32)10-17(13-28-24)20-12-19(15-27-16(20)2)30-23(33)18-11-22(25(3,4)26)31-29-14-18/h10-15H,5-9H2,1-4H3,(H,30,33). The Labute approximate surface area is 203 Å². The minimum Gasteiger partial charge on any atom is -0.476 e. The van der Waals surface area contributed by atoms with Gasteiger partial charge in [-0.2, -0.15) is 10.2 Å². The molecule has 3 aromatic rings. The Morgan fingerprint density at radius 2 is 1.94 bits per heavy atom. The van der Waals surface area contributed by atoms with E-state index >= 15 is 0 Å². The summed E-state index contributed by atoms with van der Waals surface area (Å²) in [5.41, 5.74) is 2.44. The second-order valence-corrected chi connectivity index (χ2v) is 8.69. The zero-order chi connectivity index (χ0) is 25.0. The highest BCUT2D eigenvalue weighted by Crippen LogP contribution is 2.34. The van der Waals surface area contributed by atoms with E-state index < -0.39 is 11.6 Å². The first-order valence-corrected chi connectivity index (χ1v) is 11.5. The summed E-state index contributed by atoms with van der Waals surface area (Å²) in [5, 5.41) is 10.4. The van der Waals surface area contributed by atoms with Gasteiger partial charge in [-0.1, -0.05) is 0 Å². The average molecular weight is 481 g/mol. The first-order valence-electron chi connectivity index (χ1n) is 11.5. The lowest BCUT2D eigenvalue weighted by molar-refractivity contribution is 0.102. The van der Waals surface area contributed by atoms with Crippen molar-refractivity contribution in [2.75, 3.05) is 43.1 Å². The topological polar surface area (TPSA) is 102 Å². The minimum atomic E-state index is -1.71. The third kappa shape index (κ3) is 5.71. The van der Waals surface area contributed by atoms with E-state index in [4.69, 9.17) is 9.47 Å². The van der Waals surface area contributed by atoms with Crippen LogP contribution in [0.15, 0.2) is 36.8 Å². The van der Waals surface area contributed by atoms with Crippen molar-refractivity contribution in [2.24, 2.45) is 0 Å². The van der Waals surface area contributed by atoms with Gasteiger partial charge in [-0.05, 0) is 45.9 Å². The second-order valence-electron chi connectivity index (χ2n) is 8.69. The molecule has 35 heavy (non-hydrogen) atoms. The van der Waals surface area contributed by atoms with Crippen molar-refractivity contribution in [1.29, 1.82) is 0 Å². The molecule has 0 spiro atoms. The molecule has 0 aromatic carbocycles. The molecule has 0 atom stereocenters. The molecule has 1 saturated heterocycles. The van der Waals surface area contributed by atoms with Crippen LogP contribution >= 0.6 is 0 Å². The number of aromatic nitrogens is 4. The van der Waals surface area contributed by atoms with Crippen LogP contribution in [0, 0.1) is 6.92 Å². The van der Waals surface area contributed by atoms with Crippen molar-refractivity contribution in [3.63, 3.8) is 0 Å². The SMILES string of the molecule is CCOc1ncc(-c2cc(NC(=O)c3cnnc(C(C)(C)F)c3)cnc2C)cc1N1CCOCC1. The Morgan fingerprint density at radius 1 is 1.17 bits per heavy atom. The zero-order valence-corrected chi connectivity index (χ0v) is 20.3. The number of pyridine rings is 2. The highest BCUT2D eigenvalue weighted by Gasteiger charge is 2.23. The molecule has 0 radical (unpaired) electrons. The number of hydrogen-bond acceptors (Lipinski definition) is 8. The Hall–Kier alpha value is -3.66. The smallest absolute Gasteiger partial charge is 0.257 e. The van der Waals surface area contributed by atoms with Crippen molar-refractivity contribution in [3.05, 3.63) is 53.7 Å². The Kier molecular flexibility index (Phi) is 7.20. The molecule has 4 rings (SSSR count). The maximum absolute atomic E-state index is 14.3. The molecule has 9 nitrogen and oxygen atoms in total.